The third-order valence-corrected chi connectivity index (χ3v) is 4.46. The highest BCUT2D eigenvalue weighted by Gasteiger charge is 2.23. The third kappa shape index (κ3) is 4.96. The Labute approximate surface area is 138 Å². The molecule has 1 amide bonds. The Balaban J connectivity index is 1.64. The van der Waals surface area contributed by atoms with Gasteiger partial charge in [-0.3, -0.25) is 9.59 Å². The molecular weight excluding hydrogens is 310 g/mol. The van der Waals surface area contributed by atoms with Crippen LogP contribution in [0.1, 0.15) is 29.7 Å². The monoisotopic (exact) mass is 329 g/mol. The van der Waals surface area contributed by atoms with E-state index in [9.17, 15) is 9.59 Å². The molecular formula is C17H19N3O2S. The van der Waals surface area contributed by atoms with Crippen molar-refractivity contribution in [3.63, 3.8) is 0 Å². The average molecular weight is 329 g/mol. The summed E-state index contributed by atoms with van der Waals surface area (Å²) in [7, 11) is 0. The van der Waals surface area contributed by atoms with Gasteiger partial charge in [0.15, 0.2) is 5.16 Å². The SMILES string of the molecule is Cc1cccc(CSc2nc(CC(=O)NC3CC3)cc(=O)[nH]2)c1. The van der Waals surface area contributed by atoms with Crippen LogP contribution in [0.15, 0.2) is 40.3 Å². The zero-order valence-electron chi connectivity index (χ0n) is 13.0. The molecule has 1 aliphatic carbocycles. The number of nitrogens with one attached hydrogen (secondary N) is 2. The second-order valence-electron chi connectivity index (χ2n) is 5.84. The van der Waals surface area contributed by atoms with Gasteiger partial charge in [0.25, 0.3) is 5.56 Å². The van der Waals surface area contributed by atoms with Crippen molar-refractivity contribution in [2.45, 2.75) is 43.1 Å². The van der Waals surface area contributed by atoms with Gasteiger partial charge >= 0.3 is 0 Å². The number of hydrogen-bond donors (Lipinski definition) is 2. The summed E-state index contributed by atoms with van der Waals surface area (Å²) < 4.78 is 0. The van der Waals surface area contributed by atoms with Gasteiger partial charge in [0.05, 0.1) is 12.1 Å². The van der Waals surface area contributed by atoms with Crippen LogP contribution in [0.25, 0.3) is 0 Å². The molecule has 1 aromatic heterocycles. The molecule has 0 aliphatic heterocycles. The molecule has 1 saturated carbocycles. The van der Waals surface area contributed by atoms with E-state index in [4.69, 9.17) is 0 Å². The topological polar surface area (TPSA) is 74.8 Å². The molecule has 0 radical (unpaired) electrons. The summed E-state index contributed by atoms with van der Waals surface area (Å²) in [6.07, 6.45) is 2.25. The Morgan fingerprint density at radius 1 is 1.39 bits per heavy atom. The molecule has 0 bridgehead atoms. The molecule has 2 N–H and O–H groups in total. The summed E-state index contributed by atoms with van der Waals surface area (Å²) in [5, 5.41) is 3.46. The number of carbonyl (C=O) groups excluding carboxylic acids is 1. The van der Waals surface area contributed by atoms with E-state index in [0.29, 0.717) is 16.9 Å². The Bertz CT molecular complexity index is 768. The molecule has 0 spiro atoms. The first kappa shape index (κ1) is 15.8. The first-order valence-electron chi connectivity index (χ1n) is 7.66. The van der Waals surface area contributed by atoms with Gasteiger partial charge < -0.3 is 10.3 Å². The fourth-order valence-corrected chi connectivity index (χ4v) is 3.10. The maximum absolute atomic E-state index is 11.8. The predicted octanol–water partition coefficient (Wildman–Crippen LogP) is 2.19. The number of H-pyrrole nitrogens is 1. The maximum Gasteiger partial charge on any atom is 0.251 e. The van der Waals surface area contributed by atoms with E-state index in [1.165, 1.54) is 29.0 Å². The minimum atomic E-state index is -0.221. The lowest BCUT2D eigenvalue weighted by atomic mass is 10.2. The summed E-state index contributed by atoms with van der Waals surface area (Å²) in [6, 6.07) is 9.93. The van der Waals surface area contributed by atoms with Crippen molar-refractivity contribution in [3.8, 4) is 0 Å². The summed E-state index contributed by atoms with van der Waals surface area (Å²) in [6.45, 7) is 2.05. The molecule has 1 fully saturated rings. The minimum Gasteiger partial charge on any atom is -0.353 e. The number of aromatic amines is 1. The van der Waals surface area contributed by atoms with E-state index in [1.54, 1.807) is 0 Å². The smallest absolute Gasteiger partial charge is 0.251 e. The van der Waals surface area contributed by atoms with Crippen LogP contribution in [0.5, 0.6) is 0 Å². The van der Waals surface area contributed by atoms with E-state index in [0.717, 1.165) is 18.6 Å². The zero-order chi connectivity index (χ0) is 16.2. The largest absolute Gasteiger partial charge is 0.353 e. The zero-order valence-corrected chi connectivity index (χ0v) is 13.8. The van der Waals surface area contributed by atoms with Crippen LogP contribution in [0.2, 0.25) is 0 Å². The van der Waals surface area contributed by atoms with E-state index >= 15 is 0 Å². The lowest BCUT2D eigenvalue weighted by Crippen LogP contribution is -2.28. The molecule has 6 heteroatoms. The number of aryl methyl sites for hydroxylation is 1. The molecule has 0 unspecified atom stereocenters. The number of nitrogens with zero attached hydrogens (tertiary/aromatic N) is 1. The fraction of sp³-hybridized carbons (Fsp3) is 0.353. The minimum absolute atomic E-state index is 0.0692. The van der Waals surface area contributed by atoms with Crippen LogP contribution in [-0.4, -0.2) is 21.9 Å². The van der Waals surface area contributed by atoms with Crippen LogP contribution < -0.4 is 10.9 Å². The second kappa shape index (κ2) is 7.00. The van der Waals surface area contributed by atoms with E-state index in [-0.39, 0.29) is 17.9 Å². The van der Waals surface area contributed by atoms with Crippen molar-refractivity contribution in [1.29, 1.82) is 0 Å². The first-order valence-corrected chi connectivity index (χ1v) is 8.65. The van der Waals surface area contributed by atoms with E-state index in [2.05, 4.69) is 21.4 Å². The number of thioether (sulfide) groups is 1. The number of aromatic nitrogens is 2. The second-order valence-corrected chi connectivity index (χ2v) is 6.80. The highest BCUT2D eigenvalue weighted by Crippen LogP contribution is 2.20. The van der Waals surface area contributed by atoms with Gasteiger partial charge in [-0.15, -0.1) is 0 Å². The molecule has 3 rings (SSSR count). The summed E-state index contributed by atoms with van der Waals surface area (Å²) in [4.78, 5) is 30.7. The number of rotatable bonds is 6. The molecule has 23 heavy (non-hydrogen) atoms. The number of hydrogen-bond acceptors (Lipinski definition) is 4. The summed E-state index contributed by atoms with van der Waals surface area (Å²) in [5.41, 5.74) is 2.67. The average Bonchev–Trinajstić information content (AvgIpc) is 3.28. The molecule has 0 saturated heterocycles. The van der Waals surface area contributed by atoms with Gasteiger partial charge in [0, 0.05) is 17.9 Å². The van der Waals surface area contributed by atoms with Crippen LogP contribution in [0, 0.1) is 6.92 Å². The predicted molar refractivity (Wildman–Crippen MR) is 90.5 cm³/mol. The van der Waals surface area contributed by atoms with Crippen molar-refractivity contribution < 1.29 is 4.79 Å². The van der Waals surface area contributed by atoms with Gasteiger partial charge in [0.1, 0.15) is 0 Å². The third-order valence-electron chi connectivity index (χ3n) is 3.52. The van der Waals surface area contributed by atoms with Gasteiger partial charge in [-0.05, 0) is 25.3 Å². The Kier molecular flexibility index (Phi) is 4.81. The van der Waals surface area contributed by atoms with Crippen LogP contribution in [-0.2, 0) is 17.0 Å². The van der Waals surface area contributed by atoms with Gasteiger partial charge in [-0.25, -0.2) is 4.98 Å². The number of carbonyl (C=O) groups is 1. The van der Waals surface area contributed by atoms with Crippen molar-refractivity contribution in [2.75, 3.05) is 0 Å². The molecule has 1 heterocycles. The fourth-order valence-electron chi connectivity index (χ4n) is 2.27. The number of benzene rings is 1. The number of amides is 1. The quantitative estimate of drug-likeness (QED) is 0.629. The Morgan fingerprint density at radius 2 is 2.22 bits per heavy atom. The Hall–Kier alpha value is -2.08. The molecule has 1 aromatic carbocycles. The molecule has 120 valence electrons. The molecule has 2 aromatic rings. The molecule has 5 nitrogen and oxygen atoms in total. The maximum atomic E-state index is 11.8. The van der Waals surface area contributed by atoms with Crippen molar-refractivity contribution >= 4 is 17.7 Å². The normalized spacial score (nSPS) is 13.8. The summed E-state index contributed by atoms with van der Waals surface area (Å²) in [5.74, 6) is 0.655. The van der Waals surface area contributed by atoms with E-state index < -0.39 is 0 Å². The highest BCUT2D eigenvalue weighted by atomic mass is 32.2. The van der Waals surface area contributed by atoms with E-state index in [1.807, 2.05) is 25.1 Å². The highest BCUT2D eigenvalue weighted by molar-refractivity contribution is 7.98. The van der Waals surface area contributed by atoms with Crippen molar-refractivity contribution in [1.82, 2.24) is 15.3 Å². The lowest BCUT2D eigenvalue weighted by Gasteiger charge is -2.06. The van der Waals surface area contributed by atoms with Crippen LogP contribution in [0.4, 0.5) is 0 Å². The van der Waals surface area contributed by atoms with Gasteiger partial charge in [-0.1, -0.05) is 41.6 Å². The van der Waals surface area contributed by atoms with Crippen LogP contribution >= 0.6 is 11.8 Å². The van der Waals surface area contributed by atoms with Gasteiger partial charge in [0.2, 0.25) is 5.91 Å². The van der Waals surface area contributed by atoms with Crippen molar-refractivity contribution in [3.05, 3.63) is 57.5 Å². The Morgan fingerprint density at radius 3 is 2.96 bits per heavy atom. The summed E-state index contributed by atoms with van der Waals surface area (Å²) >= 11 is 1.47. The van der Waals surface area contributed by atoms with Crippen LogP contribution in [0.3, 0.4) is 0 Å². The lowest BCUT2D eigenvalue weighted by molar-refractivity contribution is -0.120. The molecule has 0 atom stereocenters. The standard InChI is InChI=1S/C17H19N3O2S/c1-11-3-2-4-12(7-11)10-23-17-19-14(9-16(22)20-17)8-15(21)18-13-5-6-13/h2-4,7,9,13H,5-6,8,10H2,1H3,(H,18,21)(H,19,20,22). The first-order chi connectivity index (χ1) is 11.1. The van der Waals surface area contributed by atoms with Crippen molar-refractivity contribution in [2.24, 2.45) is 0 Å². The van der Waals surface area contributed by atoms with Gasteiger partial charge in [-0.2, -0.15) is 0 Å². The molecule has 1 aliphatic rings.